The van der Waals surface area contributed by atoms with E-state index in [4.69, 9.17) is 0 Å². The first kappa shape index (κ1) is 14.0. The molecular formula is C14H11BrFIO. The maximum absolute atomic E-state index is 13.0. The first-order chi connectivity index (χ1) is 8.56. The van der Waals surface area contributed by atoms with Crippen molar-refractivity contribution in [1.29, 1.82) is 0 Å². The molecule has 1 nitrogen and oxygen atoms in total. The Balaban J connectivity index is 2.15. The summed E-state index contributed by atoms with van der Waals surface area (Å²) in [6, 6.07) is 12.2. The standard InChI is InChI=1S/C14H11BrFIO/c15-13-8-11(16)4-1-10(13)7-14(18)9-2-5-12(17)6-3-9/h1-6,8,14,18H,7H2. The van der Waals surface area contributed by atoms with Gasteiger partial charge in [0.2, 0.25) is 0 Å². The summed E-state index contributed by atoms with van der Waals surface area (Å²) >= 11 is 5.53. The zero-order chi connectivity index (χ0) is 13.1. The molecule has 2 aromatic carbocycles. The van der Waals surface area contributed by atoms with Crippen LogP contribution in [-0.4, -0.2) is 5.11 Å². The molecule has 0 aliphatic carbocycles. The lowest BCUT2D eigenvalue weighted by atomic mass is 10.0. The van der Waals surface area contributed by atoms with Crippen LogP contribution in [0.5, 0.6) is 0 Å². The summed E-state index contributed by atoms with van der Waals surface area (Å²) in [5.74, 6) is -0.283. The minimum atomic E-state index is -0.580. The quantitative estimate of drug-likeness (QED) is 0.726. The fraction of sp³-hybridized carbons (Fsp3) is 0.143. The number of hydrogen-bond acceptors (Lipinski definition) is 1. The van der Waals surface area contributed by atoms with Crippen molar-refractivity contribution in [2.24, 2.45) is 0 Å². The fourth-order valence-corrected chi connectivity index (χ4v) is 2.57. The van der Waals surface area contributed by atoms with Gasteiger partial charge in [0, 0.05) is 14.5 Å². The van der Waals surface area contributed by atoms with Crippen LogP contribution >= 0.6 is 38.5 Å². The molecule has 0 amide bonds. The molecule has 0 heterocycles. The van der Waals surface area contributed by atoms with Crippen LogP contribution in [0.15, 0.2) is 46.9 Å². The lowest BCUT2D eigenvalue weighted by Crippen LogP contribution is -2.02. The van der Waals surface area contributed by atoms with E-state index in [2.05, 4.69) is 38.5 Å². The van der Waals surface area contributed by atoms with E-state index in [1.807, 2.05) is 24.3 Å². The van der Waals surface area contributed by atoms with Gasteiger partial charge in [0.15, 0.2) is 0 Å². The third kappa shape index (κ3) is 3.52. The molecule has 1 atom stereocenters. The summed E-state index contributed by atoms with van der Waals surface area (Å²) in [6.45, 7) is 0. The molecule has 0 fully saturated rings. The maximum atomic E-state index is 13.0. The van der Waals surface area contributed by atoms with E-state index in [1.54, 1.807) is 6.07 Å². The number of aliphatic hydroxyl groups is 1. The van der Waals surface area contributed by atoms with Crippen LogP contribution in [0.3, 0.4) is 0 Å². The number of benzene rings is 2. The van der Waals surface area contributed by atoms with Crippen molar-refractivity contribution in [3.8, 4) is 0 Å². The SMILES string of the molecule is OC(Cc1ccc(F)cc1Br)c1ccc(I)cc1. The highest BCUT2D eigenvalue weighted by Gasteiger charge is 2.11. The van der Waals surface area contributed by atoms with Crippen molar-refractivity contribution >= 4 is 38.5 Å². The zero-order valence-electron chi connectivity index (χ0n) is 9.41. The van der Waals surface area contributed by atoms with Gasteiger partial charge >= 0.3 is 0 Å². The highest BCUT2D eigenvalue weighted by atomic mass is 127. The maximum Gasteiger partial charge on any atom is 0.124 e. The molecule has 0 radical (unpaired) electrons. The predicted octanol–water partition coefficient (Wildman–Crippen LogP) is 4.47. The molecule has 0 aromatic heterocycles. The molecule has 2 aromatic rings. The first-order valence-electron chi connectivity index (χ1n) is 5.44. The molecule has 0 bridgehead atoms. The van der Waals surface area contributed by atoms with Crippen molar-refractivity contribution in [3.63, 3.8) is 0 Å². The van der Waals surface area contributed by atoms with Crippen LogP contribution < -0.4 is 0 Å². The second-order valence-corrected chi connectivity index (χ2v) is 6.11. The van der Waals surface area contributed by atoms with Gasteiger partial charge in [-0.3, -0.25) is 0 Å². The Morgan fingerprint density at radius 1 is 1.17 bits per heavy atom. The van der Waals surface area contributed by atoms with Crippen molar-refractivity contribution in [3.05, 3.63) is 67.5 Å². The normalized spacial score (nSPS) is 12.4. The first-order valence-corrected chi connectivity index (χ1v) is 7.31. The van der Waals surface area contributed by atoms with E-state index < -0.39 is 6.10 Å². The van der Waals surface area contributed by atoms with Crippen LogP contribution in [0, 0.1) is 9.39 Å². The van der Waals surface area contributed by atoms with Gasteiger partial charge in [-0.05, 0) is 58.0 Å². The van der Waals surface area contributed by atoms with Gasteiger partial charge in [0.1, 0.15) is 5.82 Å². The molecule has 0 saturated heterocycles. The predicted molar refractivity (Wildman–Crippen MR) is 81.9 cm³/mol. The molecule has 0 aliphatic rings. The molecule has 0 aliphatic heterocycles. The summed E-state index contributed by atoms with van der Waals surface area (Å²) in [7, 11) is 0. The lowest BCUT2D eigenvalue weighted by Gasteiger charge is -2.12. The smallest absolute Gasteiger partial charge is 0.124 e. The summed E-state index contributed by atoms with van der Waals surface area (Å²) in [4.78, 5) is 0. The average molecular weight is 421 g/mol. The Bertz CT molecular complexity index is 542. The molecule has 0 spiro atoms. The molecule has 4 heteroatoms. The number of hydrogen-bond donors (Lipinski definition) is 1. The molecule has 1 N–H and O–H groups in total. The van der Waals surface area contributed by atoms with Crippen LogP contribution in [-0.2, 0) is 6.42 Å². The lowest BCUT2D eigenvalue weighted by molar-refractivity contribution is 0.178. The second-order valence-electron chi connectivity index (χ2n) is 4.01. The molecular weight excluding hydrogens is 410 g/mol. The van der Waals surface area contributed by atoms with E-state index in [9.17, 15) is 9.50 Å². The highest BCUT2D eigenvalue weighted by Crippen LogP contribution is 2.25. The van der Waals surface area contributed by atoms with Crippen LogP contribution in [0.4, 0.5) is 4.39 Å². The van der Waals surface area contributed by atoms with Crippen LogP contribution in [0.2, 0.25) is 0 Å². The Labute approximate surface area is 127 Å². The Hall–Kier alpha value is -0.460. The van der Waals surface area contributed by atoms with E-state index in [0.717, 1.165) is 14.7 Å². The topological polar surface area (TPSA) is 20.2 Å². The van der Waals surface area contributed by atoms with Crippen molar-refractivity contribution in [2.75, 3.05) is 0 Å². The van der Waals surface area contributed by atoms with Gasteiger partial charge in [-0.25, -0.2) is 4.39 Å². The minimum absolute atomic E-state index is 0.283. The molecule has 0 saturated carbocycles. The number of halogens is 3. The average Bonchev–Trinajstić information content (AvgIpc) is 2.33. The molecule has 18 heavy (non-hydrogen) atoms. The van der Waals surface area contributed by atoms with Crippen LogP contribution in [0.1, 0.15) is 17.2 Å². The van der Waals surface area contributed by atoms with Gasteiger partial charge in [-0.15, -0.1) is 0 Å². The second kappa shape index (κ2) is 6.12. The van der Waals surface area contributed by atoms with E-state index in [-0.39, 0.29) is 5.82 Å². The zero-order valence-corrected chi connectivity index (χ0v) is 13.2. The monoisotopic (exact) mass is 420 g/mol. The third-order valence-corrected chi connectivity index (χ3v) is 4.14. The van der Waals surface area contributed by atoms with Gasteiger partial charge in [-0.2, -0.15) is 0 Å². The summed E-state index contributed by atoms with van der Waals surface area (Å²) < 4.78 is 14.8. The molecule has 94 valence electrons. The van der Waals surface area contributed by atoms with Crippen molar-refractivity contribution < 1.29 is 9.50 Å². The number of rotatable bonds is 3. The number of aliphatic hydroxyl groups excluding tert-OH is 1. The largest absolute Gasteiger partial charge is 0.388 e. The van der Waals surface area contributed by atoms with E-state index in [1.165, 1.54) is 12.1 Å². The molecule has 2 rings (SSSR count). The van der Waals surface area contributed by atoms with Gasteiger partial charge < -0.3 is 5.11 Å². The summed E-state index contributed by atoms with van der Waals surface area (Å²) in [6.07, 6.45) is -0.120. The minimum Gasteiger partial charge on any atom is -0.388 e. The summed E-state index contributed by atoms with van der Waals surface area (Å²) in [5, 5.41) is 10.1. The van der Waals surface area contributed by atoms with Gasteiger partial charge in [0.05, 0.1) is 6.10 Å². The Morgan fingerprint density at radius 3 is 2.44 bits per heavy atom. The van der Waals surface area contributed by atoms with Crippen molar-refractivity contribution in [2.45, 2.75) is 12.5 Å². The fourth-order valence-electron chi connectivity index (χ4n) is 1.70. The Morgan fingerprint density at radius 2 is 1.83 bits per heavy atom. The van der Waals surface area contributed by atoms with Gasteiger partial charge in [-0.1, -0.05) is 34.1 Å². The highest BCUT2D eigenvalue weighted by molar-refractivity contribution is 14.1. The van der Waals surface area contributed by atoms with E-state index in [0.29, 0.717) is 10.9 Å². The third-order valence-electron chi connectivity index (χ3n) is 2.68. The molecule has 1 unspecified atom stereocenters. The summed E-state index contributed by atoms with van der Waals surface area (Å²) in [5.41, 5.74) is 1.76. The van der Waals surface area contributed by atoms with Gasteiger partial charge in [0.25, 0.3) is 0 Å². The van der Waals surface area contributed by atoms with E-state index >= 15 is 0 Å². The van der Waals surface area contributed by atoms with Crippen molar-refractivity contribution in [1.82, 2.24) is 0 Å². The van der Waals surface area contributed by atoms with Crippen LogP contribution in [0.25, 0.3) is 0 Å². The Kier molecular flexibility index (Phi) is 4.75.